The van der Waals surface area contributed by atoms with Gasteiger partial charge in [-0.15, -0.1) is 0 Å². The van der Waals surface area contributed by atoms with Gasteiger partial charge in [-0.3, -0.25) is 9.59 Å². The van der Waals surface area contributed by atoms with Crippen molar-refractivity contribution in [3.63, 3.8) is 0 Å². The highest BCUT2D eigenvalue weighted by molar-refractivity contribution is 6.00. The molecule has 2 amide bonds. The quantitative estimate of drug-likeness (QED) is 0.643. The van der Waals surface area contributed by atoms with E-state index in [2.05, 4.69) is 0 Å². The maximum Gasteiger partial charge on any atom is 0.261 e. The Morgan fingerprint density at radius 1 is 0.806 bits per heavy atom. The molecule has 0 N–H and O–H groups in total. The van der Waals surface area contributed by atoms with Gasteiger partial charge < -0.3 is 28.7 Å². The van der Waals surface area contributed by atoms with Gasteiger partial charge in [0.1, 0.15) is 28.6 Å². The summed E-state index contributed by atoms with van der Waals surface area (Å²) in [6.45, 7) is 4.19. The molecule has 0 aromatic heterocycles. The van der Waals surface area contributed by atoms with E-state index in [4.69, 9.17) is 18.9 Å². The van der Waals surface area contributed by atoms with Crippen molar-refractivity contribution in [3.05, 3.63) is 48.0 Å². The number of hydrogen-bond donors (Lipinski definition) is 0. The zero-order valence-electron chi connectivity index (χ0n) is 18.1. The van der Waals surface area contributed by atoms with E-state index in [1.54, 1.807) is 52.3 Å². The monoisotopic (exact) mass is 428 g/mol. The van der Waals surface area contributed by atoms with Crippen molar-refractivity contribution in [2.24, 2.45) is 0 Å². The Morgan fingerprint density at radius 3 is 1.84 bits per heavy atom. The summed E-state index contributed by atoms with van der Waals surface area (Å²) in [6, 6.07) is 12.4. The minimum atomic E-state index is -0.174. The van der Waals surface area contributed by atoms with Gasteiger partial charge in [0.2, 0.25) is 0 Å². The molecule has 0 aliphatic carbocycles. The third kappa shape index (κ3) is 5.39. The fraction of sp³-hybridized carbons (Fsp3) is 0.391. The fourth-order valence-electron chi connectivity index (χ4n) is 3.41. The van der Waals surface area contributed by atoms with Crippen LogP contribution in [0.2, 0.25) is 0 Å². The Kier molecular flexibility index (Phi) is 7.59. The highest BCUT2D eigenvalue weighted by Gasteiger charge is 2.28. The Bertz CT molecular complexity index is 869. The number of nitrogens with zero attached hydrogens (tertiary/aromatic N) is 2. The molecule has 0 spiro atoms. The van der Waals surface area contributed by atoms with Crippen LogP contribution in [0.3, 0.4) is 0 Å². The first-order valence-electron chi connectivity index (χ1n) is 10.2. The average Bonchev–Trinajstić information content (AvgIpc) is 2.82. The van der Waals surface area contributed by atoms with E-state index in [0.29, 0.717) is 55.6 Å². The summed E-state index contributed by atoms with van der Waals surface area (Å²) in [7, 11) is 3.04. The lowest BCUT2D eigenvalue weighted by Crippen LogP contribution is -2.51. The van der Waals surface area contributed by atoms with Crippen LogP contribution in [0.25, 0.3) is 0 Å². The number of benzene rings is 2. The fourth-order valence-corrected chi connectivity index (χ4v) is 3.41. The van der Waals surface area contributed by atoms with Crippen LogP contribution in [0.1, 0.15) is 17.3 Å². The summed E-state index contributed by atoms with van der Waals surface area (Å²) < 4.78 is 21.7. The second-order valence-electron chi connectivity index (χ2n) is 6.90. The third-order valence-corrected chi connectivity index (χ3v) is 5.06. The standard InChI is InChI=1S/C23H28N2O6/c1-4-30-17-8-10-18(11-9-17)31-16-21(26)24-12-14-25(15-13-24)23(27)22-19(28-2)6-5-7-20(22)29-3/h5-11H,4,12-16H2,1-3H3. The molecule has 1 heterocycles. The summed E-state index contributed by atoms with van der Waals surface area (Å²) in [5.41, 5.74) is 0.395. The molecule has 2 aromatic carbocycles. The molecule has 8 heteroatoms. The van der Waals surface area contributed by atoms with Crippen molar-refractivity contribution in [1.29, 1.82) is 0 Å². The largest absolute Gasteiger partial charge is 0.496 e. The zero-order chi connectivity index (χ0) is 22.2. The number of carbonyl (C=O) groups is 2. The van der Waals surface area contributed by atoms with Gasteiger partial charge in [0, 0.05) is 26.2 Å². The number of carbonyl (C=O) groups excluding carboxylic acids is 2. The SMILES string of the molecule is CCOc1ccc(OCC(=O)N2CCN(C(=O)c3c(OC)cccc3OC)CC2)cc1. The van der Waals surface area contributed by atoms with E-state index in [0.717, 1.165) is 5.75 Å². The molecule has 8 nitrogen and oxygen atoms in total. The Balaban J connectivity index is 1.53. The molecular weight excluding hydrogens is 400 g/mol. The maximum atomic E-state index is 13.0. The highest BCUT2D eigenvalue weighted by atomic mass is 16.5. The predicted molar refractivity (Wildman–Crippen MR) is 115 cm³/mol. The summed E-state index contributed by atoms with van der Waals surface area (Å²) in [6.07, 6.45) is 0. The summed E-state index contributed by atoms with van der Waals surface area (Å²) in [5, 5.41) is 0. The van der Waals surface area contributed by atoms with Crippen LogP contribution < -0.4 is 18.9 Å². The minimum Gasteiger partial charge on any atom is -0.496 e. The summed E-state index contributed by atoms with van der Waals surface area (Å²) in [5.74, 6) is 2.00. The van der Waals surface area contributed by atoms with Gasteiger partial charge in [-0.05, 0) is 43.3 Å². The molecule has 31 heavy (non-hydrogen) atoms. The van der Waals surface area contributed by atoms with Crippen LogP contribution in [-0.2, 0) is 4.79 Å². The van der Waals surface area contributed by atoms with Crippen LogP contribution in [0.4, 0.5) is 0 Å². The molecule has 0 unspecified atom stereocenters. The molecule has 0 bridgehead atoms. The number of amides is 2. The van der Waals surface area contributed by atoms with Crippen molar-refractivity contribution < 1.29 is 28.5 Å². The lowest BCUT2D eigenvalue weighted by atomic mass is 10.1. The lowest BCUT2D eigenvalue weighted by Gasteiger charge is -2.35. The number of hydrogen-bond acceptors (Lipinski definition) is 6. The first-order valence-corrected chi connectivity index (χ1v) is 10.2. The van der Waals surface area contributed by atoms with Gasteiger partial charge in [-0.2, -0.15) is 0 Å². The first kappa shape index (κ1) is 22.3. The Morgan fingerprint density at radius 2 is 1.32 bits per heavy atom. The van der Waals surface area contributed by atoms with Crippen LogP contribution >= 0.6 is 0 Å². The van der Waals surface area contributed by atoms with Gasteiger partial charge >= 0.3 is 0 Å². The van der Waals surface area contributed by atoms with Gasteiger partial charge in [0.15, 0.2) is 6.61 Å². The average molecular weight is 428 g/mol. The third-order valence-electron chi connectivity index (χ3n) is 5.06. The highest BCUT2D eigenvalue weighted by Crippen LogP contribution is 2.30. The molecule has 0 atom stereocenters. The Hall–Kier alpha value is -3.42. The molecule has 166 valence electrons. The molecule has 0 radical (unpaired) electrons. The molecule has 1 saturated heterocycles. The van der Waals surface area contributed by atoms with E-state index in [9.17, 15) is 9.59 Å². The van der Waals surface area contributed by atoms with Crippen LogP contribution in [-0.4, -0.2) is 75.2 Å². The van der Waals surface area contributed by atoms with Crippen molar-refractivity contribution >= 4 is 11.8 Å². The molecular formula is C23H28N2O6. The van der Waals surface area contributed by atoms with Crippen molar-refractivity contribution in [3.8, 4) is 23.0 Å². The van der Waals surface area contributed by atoms with E-state index in [1.807, 2.05) is 6.92 Å². The topological polar surface area (TPSA) is 77.5 Å². The van der Waals surface area contributed by atoms with E-state index in [1.165, 1.54) is 14.2 Å². The van der Waals surface area contributed by atoms with E-state index < -0.39 is 0 Å². The van der Waals surface area contributed by atoms with Gasteiger partial charge in [0.25, 0.3) is 11.8 Å². The van der Waals surface area contributed by atoms with E-state index in [-0.39, 0.29) is 18.4 Å². The predicted octanol–water partition coefficient (Wildman–Crippen LogP) is 2.47. The molecule has 3 rings (SSSR count). The van der Waals surface area contributed by atoms with Gasteiger partial charge in [-0.1, -0.05) is 6.07 Å². The molecule has 1 aliphatic rings. The minimum absolute atomic E-state index is 0.0533. The summed E-state index contributed by atoms with van der Waals surface area (Å²) >= 11 is 0. The number of rotatable bonds is 8. The van der Waals surface area contributed by atoms with Crippen molar-refractivity contribution in [1.82, 2.24) is 9.80 Å². The zero-order valence-corrected chi connectivity index (χ0v) is 18.1. The van der Waals surface area contributed by atoms with Gasteiger partial charge in [0.05, 0.1) is 20.8 Å². The number of methoxy groups -OCH3 is 2. The van der Waals surface area contributed by atoms with Crippen molar-refractivity contribution in [2.45, 2.75) is 6.92 Å². The Labute approximate surface area is 182 Å². The second kappa shape index (κ2) is 10.6. The lowest BCUT2D eigenvalue weighted by molar-refractivity contribution is -0.134. The number of piperazine rings is 1. The van der Waals surface area contributed by atoms with Crippen molar-refractivity contribution in [2.75, 3.05) is 53.6 Å². The first-order chi connectivity index (χ1) is 15.1. The smallest absolute Gasteiger partial charge is 0.261 e. The van der Waals surface area contributed by atoms with E-state index >= 15 is 0 Å². The van der Waals surface area contributed by atoms with Gasteiger partial charge in [-0.25, -0.2) is 0 Å². The van der Waals surface area contributed by atoms with Crippen LogP contribution in [0.5, 0.6) is 23.0 Å². The normalized spacial score (nSPS) is 13.5. The molecule has 1 fully saturated rings. The molecule has 1 aliphatic heterocycles. The second-order valence-corrected chi connectivity index (χ2v) is 6.90. The molecule has 0 saturated carbocycles. The summed E-state index contributed by atoms with van der Waals surface area (Å²) in [4.78, 5) is 29.0. The maximum absolute atomic E-state index is 13.0. The number of ether oxygens (including phenoxy) is 4. The van der Waals surface area contributed by atoms with Crippen LogP contribution in [0.15, 0.2) is 42.5 Å². The molecule has 2 aromatic rings. The van der Waals surface area contributed by atoms with Crippen LogP contribution in [0, 0.1) is 0 Å².